The summed E-state index contributed by atoms with van der Waals surface area (Å²) in [5, 5.41) is 2.63. The molecule has 0 spiro atoms. The third-order valence-electron chi connectivity index (χ3n) is 11.5. The molecule has 2 heteroatoms. The van der Waals surface area contributed by atoms with Gasteiger partial charge in [-0.3, -0.25) is 0 Å². The maximum Gasteiger partial charge on any atom is 0.0546 e. The largest absolute Gasteiger partial charge is 0.310 e. The summed E-state index contributed by atoms with van der Waals surface area (Å²) >= 11 is 1.88. The summed E-state index contributed by atoms with van der Waals surface area (Å²) in [5.74, 6) is 0.394. The van der Waals surface area contributed by atoms with Gasteiger partial charge in [0.15, 0.2) is 0 Å². The van der Waals surface area contributed by atoms with Gasteiger partial charge in [-0.1, -0.05) is 171 Å². The second-order valence-electron chi connectivity index (χ2n) is 14.8. The van der Waals surface area contributed by atoms with Crippen molar-refractivity contribution in [2.75, 3.05) is 4.90 Å². The Morgan fingerprint density at radius 1 is 0.566 bits per heavy atom. The van der Waals surface area contributed by atoms with Crippen molar-refractivity contribution < 1.29 is 0 Å². The number of fused-ring (bicyclic) bond motifs is 6. The zero-order valence-corrected chi connectivity index (χ0v) is 30.8. The molecule has 1 unspecified atom stereocenters. The lowest BCUT2D eigenvalue weighted by molar-refractivity contribution is 0.609. The summed E-state index contributed by atoms with van der Waals surface area (Å²) in [6, 6.07) is 62.5. The topological polar surface area (TPSA) is 3.24 Å². The van der Waals surface area contributed by atoms with E-state index >= 15 is 0 Å². The van der Waals surface area contributed by atoms with Crippen molar-refractivity contribution in [1.82, 2.24) is 0 Å². The molecule has 0 saturated heterocycles. The molecule has 2 aliphatic rings. The molecule has 0 radical (unpaired) electrons. The predicted octanol–water partition coefficient (Wildman–Crippen LogP) is 14.5. The Labute approximate surface area is 315 Å². The molecule has 7 aromatic carbocycles. The van der Waals surface area contributed by atoms with Crippen LogP contribution in [0.5, 0.6) is 0 Å². The summed E-state index contributed by atoms with van der Waals surface area (Å²) in [6.45, 7) is 4.82. The van der Waals surface area contributed by atoms with E-state index in [2.05, 4.69) is 201 Å². The fourth-order valence-electron chi connectivity index (χ4n) is 9.00. The molecule has 1 aromatic heterocycles. The number of hydrogen-bond donors (Lipinski definition) is 0. The minimum Gasteiger partial charge on any atom is -0.310 e. The highest BCUT2D eigenvalue weighted by Crippen LogP contribution is 2.55. The molecule has 0 fully saturated rings. The van der Waals surface area contributed by atoms with Gasteiger partial charge in [0.1, 0.15) is 0 Å². The first-order chi connectivity index (χ1) is 26.1. The van der Waals surface area contributed by atoms with Crippen molar-refractivity contribution >= 4 is 42.9 Å². The lowest BCUT2D eigenvalue weighted by Crippen LogP contribution is -2.23. The Morgan fingerprint density at radius 2 is 1.21 bits per heavy atom. The van der Waals surface area contributed by atoms with Crippen LogP contribution in [0.3, 0.4) is 0 Å². The van der Waals surface area contributed by atoms with Gasteiger partial charge in [0.25, 0.3) is 0 Å². The number of rotatable bonds is 6. The van der Waals surface area contributed by atoms with Gasteiger partial charge in [0.05, 0.1) is 5.69 Å². The molecule has 53 heavy (non-hydrogen) atoms. The summed E-state index contributed by atoms with van der Waals surface area (Å²) in [4.78, 5) is 2.55. The summed E-state index contributed by atoms with van der Waals surface area (Å²) in [6.07, 6.45) is 5.98. The van der Waals surface area contributed by atoms with Crippen molar-refractivity contribution in [3.05, 3.63) is 204 Å². The smallest absolute Gasteiger partial charge is 0.0546 e. The Balaban J connectivity index is 1.25. The normalized spacial score (nSPS) is 15.8. The number of anilines is 2. The van der Waals surface area contributed by atoms with Crippen LogP contribution in [0.2, 0.25) is 0 Å². The van der Waals surface area contributed by atoms with Crippen LogP contribution in [0.15, 0.2) is 193 Å². The molecular formula is C51H39NS. The van der Waals surface area contributed by atoms with Crippen molar-refractivity contribution in [3.63, 3.8) is 0 Å². The molecule has 8 aromatic rings. The van der Waals surface area contributed by atoms with E-state index in [4.69, 9.17) is 0 Å². The van der Waals surface area contributed by atoms with Crippen molar-refractivity contribution in [2.24, 2.45) is 0 Å². The first kappa shape index (κ1) is 31.7. The van der Waals surface area contributed by atoms with Crippen molar-refractivity contribution in [3.8, 4) is 33.4 Å². The third kappa shape index (κ3) is 5.20. The number of benzene rings is 7. The molecule has 1 heterocycles. The molecule has 2 aliphatic carbocycles. The fraction of sp³-hybridized carbons (Fsp3) is 0.0980. The second kappa shape index (κ2) is 12.6. The Morgan fingerprint density at radius 3 is 2.02 bits per heavy atom. The number of hydrogen-bond acceptors (Lipinski definition) is 2. The van der Waals surface area contributed by atoms with Crippen LogP contribution in [-0.2, 0) is 5.41 Å². The van der Waals surface area contributed by atoms with Crippen LogP contribution >= 0.6 is 11.3 Å². The Kier molecular flexibility index (Phi) is 7.56. The highest BCUT2D eigenvalue weighted by Gasteiger charge is 2.42. The minimum atomic E-state index is -0.0590. The van der Waals surface area contributed by atoms with Gasteiger partial charge in [0, 0.05) is 48.5 Å². The first-order valence-corrected chi connectivity index (χ1v) is 19.4. The molecule has 254 valence electrons. The molecule has 0 saturated carbocycles. The van der Waals surface area contributed by atoms with Crippen molar-refractivity contribution in [2.45, 2.75) is 31.6 Å². The fourth-order valence-corrected chi connectivity index (χ4v) is 10.1. The molecule has 0 aliphatic heterocycles. The second-order valence-corrected chi connectivity index (χ2v) is 15.9. The van der Waals surface area contributed by atoms with Gasteiger partial charge in [-0.05, 0) is 75.7 Å². The molecule has 0 amide bonds. The molecule has 0 bridgehead atoms. The first-order valence-electron chi connectivity index (χ1n) is 18.6. The van der Waals surface area contributed by atoms with E-state index in [0.29, 0.717) is 5.92 Å². The van der Waals surface area contributed by atoms with E-state index in [1.807, 2.05) is 11.3 Å². The van der Waals surface area contributed by atoms with Crippen LogP contribution in [0.1, 0.15) is 37.3 Å². The Hall–Kier alpha value is -5.96. The molecule has 10 rings (SSSR count). The van der Waals surface area contributed by atoms with Gasteiger partial charge in [-0.15, -0.1) is 11.3 Å². The standard InChI is InChI=1S/C51H39NS/c1-51(2)45-25-13-11-21-40(45)41-30-28-36(32-46(41)51)52(37-29-31-43-42-22-12-14-27-48(42)53-49(43)33-37)47-26-15-24-39(35-18-7-4-8-19-35)50(47)44-23-10-9-20-38(44)34-16-5-3-6-17-34/h3-29,31-33,41H,30H2,1-2H3. The zero-order chi connectivity index (χ0) is 35.5. The van der Waals surface area contributed by atoms with E-state index in [1.165, 1.54) is 87.3 Å². The summed E-state index contributed by atoms with van der Waals surface area (Å²) in [7, 11) is 0. The lowest BCUT2D eigenvalue weighted by Gasteiger charge is -2.34. The average Bonchev–Trinajstić information content (AvgIpc) is 3.70. The van der Waals surface area contributed by atoms with Gasteiger partial charge >= 0.3 is 0 Å². The van der Waals surface area contributed by atoms with Gasteiger partial charge < -0.3 is 4.90 Å². The SMILES string of the molecule is CC1(C)C2=CC(N(c3ccc4c(c3)sc3ccccc34)c3cccc(-c4ccccc4)c3-c3ccccc3-c3ccccc3)=CCC2c2ccccc21. The molecule has 1 nitrogen and oxygen atoms in total. The van der Waals surface area contributed by atoms with Gasteiger partial charge in [-0.2, -0.15) is 0 Å². The Bertz CT molecular complexity index is 2730. The third-order valence-corrected chi connectivity index (χ3v) is 12.6. The van der Waals surface area contributed by atoms with Crippen LogP contribution < -0.4 is 4.90 Å². The summed E-state index contributed by atoms with van der Waals surface area (Å²) < 4.78 is 2.62. The zero-order valence-electron chi connectivity index (χ0n) is 30.0. The van der Waals surface area contributed by atoms with Crippen LogP contribution in [0, 0.1) is 0 Å². The van der Waals surface area contributed by atoms with E-state index in [9.17, 15) is 0 Å². The average molecular weight is 698 g/mol. The highest BCUT2D eigenvalue weighted by atomic mass is 32.1. The number of allylic oxidation sites excluding steroid dienone is 3. The molecular weight excluding hydrogens is 659 g/mol. The number of nitrogens with zero attached hydrogens (tertiary/aromatic N) is 1. The van der Waals surface area contributed by atoms with Crippen LogP contribution in [0.25, 0.3) is 53.6 Å². The monoisotopic (exact) mass is 697 g/mol. The highest BCUT2D eigenvalue weighted by molar-refractivity contribution is 7.25. The van der Waals surface area contributed by atoms with Gasteiger partial charge in [-0.25, -0.2) is 0 Å². The number of thiophene rings is 1. The van der Waals surface area contributed by atoms with Crippen LogP contribution in [-0.4, -0.2) is 0 Å². The van der Waals surface area contributed by atoms with E-state index in [0.717, 1.165) is 6.42 Å². The summed E-state index contributed by atoms with van der Waals surface area (Å²) in [5.41, 5.74) is 15.2. The molecule has 1 atom stereocenters. The molecule has 0 N–H and O–H groups in total. The maximum atomic E-state index is 2.55. The lowest BCUT2D eigenvalue weighted by atomic mass is 9.78. The maximum absolute atomic E-state index is 2.55. The predicted molar refractivity (Wildman–Crippen MR) is 227 cm³/mol. The van der Waals surface area contributed by atoms with E-state index < -0.39 is 0 Å². The van der Waals surface area contributed by atoms with E-state index in [-0.39, 0.29) is 5.41 Å². The van der Waals surface area contributed by atoms with Crippen molar-refractivity contribution in [1.29, 1.82) is 0 Å². The minimum absolute atomic E-state index is 0.0590. The van der Waals surface area contributed by atoms with E-state index in [1.54, 1.807) is 0 Å². The van der Waals surface area contributed by atoms with Crippen LogP contribution in [0.4, 0.5) is 11.4 Å². The van der Waals surface area contributed by atoms with Gasteiger partial charge in [0.2, 0.25) is 0 Å². The quantitative estimate of drug-likeness (QED) is 0.167.